The Bertz CT molecular complexity index is 985. The summed E-state index contributed by atoms with van der Waals surface area (Å²) in [5, 5.41) is 2.81. The van der Waals surface area contributed by atoms with Crippen molar-refractivity contribution in [1.82, 2.24) is 9.55 Å². The van der Waals surface area contributed by atoms with Crippen molar-refractivity contribution in [3.05, 3.63) is 60.5 Å². The van der Waals surface area contributed by atoms with Crippen LogP contribution < -0.4 is 16.6 Å². The van der Waals surface area contributed by atoms with Crippen molar-refractivity contribution in [3.63, 3.8) is 0 Å². The lowest BCUT2D eigenvalue weighted by Crippen LogP contribution is -2.45. The molecule has 1 saturated heterocycles. The molecule has 0 unspecified atom stereocenters. The zero-order chi connectivity index (χ0) is 19.1. The number of alkyl halides is 1. The van der Waals surface area contributed by atoms with Crippen LogP contribution in [-0.4, -0.2) is 28.9 Å². The third-order valence-electron chi connectivity index (χ3n) is 5.14. The number of benzene rings is 1. The van der Waals surface area contributed by atoms with E-state index in [1.54, 1.807) is 0 Å². The van der Waals surface area contributed by atoms with Crippen LogP contribution in [0.4, 0.5) is 14.6 Å². The van der Waals surface area contributed by atoms with Crippen LogP contribution in [0.5, 0.6) is 0 Å². The molecule has 4 rings (SSSR count). The fraction of sp³-hybridized carbons (Fsp3) is 0.444. The first kappa shape index (κ1) is 18.4. The summed E-state index contributed by atoms with van der Waals surface area (Å²) in [6.45, 7) is 0.948. The molecule has 9 heteroatoms. The van der Waals surface area contributed by atoms with Gasteiger partial charge in [0.25, 0.3) is 5.56 Å². The maximum Gasteiger partial charge on any atom is 0.330 e. The van der Waals surface area contributed by atoms with Gasteiger partial charge in [-0.2, -0.15) is 0 Å². The lowest BCUT2D eigenvalue weighted by molar-refractivity contribution is 0.0673. The fourth-order valence-corrected chi connectivity index (χ4v) is 4.14. The van der Waals surface area contributed by atoms with Crippen LogP contribution >= 0.6 is 15.9 Å². The molecule has 2 aliphatic heterocycles. The number of anilines is 1. The van der Waals surface area contributed by atoms with Crippen molar-refractivity contribution < 1.29 is 13.5 Å². The number of ether oxygens (including phenoxy) is 1. The Labute approximate surface area is 161 Å². The van der Waals surface area contributed by atoms with E-state index < -0.39 is 29.3 Å². The van der Waals surface area contributed by atoms with Crippen molar-refractivity contribution in [2.24, 2.45) is 0 Å². The van der Waals surface area contributed by atoms with E-state index >= 15 is 0 Å². The first-order valence-electron chi connectivity index (χ1n) is 8.76. The number of H-pyrrole nitrogens is 1. The topological polar surface area (TPSA) is 76.1 Å². The Morgan fingerprint density at radius 1 is 1.22 bits per heavy atom. The van der Waals surface area contributed by atoms with Gasteiger partial charge in [0.2, 0.25) is 0 Å². The Kier molecular flexibility index (Phi) is 4.90. The molecule has 2 aliphatic rings. The number of rotatable bonds is 2. The molecule has 144 valence electrons. The van der Waals surface area contributed by atoms with Gasteiger partial charge in [-0.3, -0.25) is 14.3 Å². The van der Waals surface area contributed by atoms with Crippen LogP contribution in [0.15, 0.2) is 32.3 Å². The van der Waals surface area contributed by atoms with Crippen molar-refractivity contribution in [2.45, 2.75) is 37.5 Å². The molecule has 1 aromatic carbocycles. The molecule has 0 aliphatic carbocycles. The predicted molar refractivity (Wildman–Crippen MR) is 99.5 cm³/mol. The average Bonchev–Trinajstić information content (AvgIpc) is 2.65. The summed E-state index contributed by atoms with van der Waals surface area (Å²) < 4.78 is 36.1. The van der Waals surface area contributed by atoms with Gasteiger partial charge in [0.05, 0.1) is 11.6 Å². The van der Waals surface area contributed by atoms with Crippen molar-refractivity contribution in [3.8, 4) is 0 Å². The predicted octanol–water partition coefficient (Wildman–Crippen LogP) is 2.84. The first-order valence-corrected chi connectivity index (χ1v) is 9.56. The standard InChI is InChI=1S/C18H18BrF2N3O3/c19-9-1-2-13(20)11(7-9)15-14(21)8-12-16(22-15)23-18(26)24(17(12)25)10-3-5-27-6-4-10/h1-2,7,10,14-15,22H,3-6,8H2,(H,23,26)/t14-,15-/m0/s1. The number of hydrogen-bond acceptors (Lipinski definition) is 4. The Hall–Kier alpha value is -2.00. The molecule has 6 nitrogen and oxygen atoms in total. The maximum atomic E-state index is 14.9. The summed E-state index contributed by atoms with van der Waals surface area (Å²) >= 11 is 3.25. The van der Waals surface area contributed by atoms with E-state index in [1.807, 2.05) is 0 Å². The molecule has 0 radical (unpaired) electrons. The molecule has 2 aromatic rings. The van der Waals surface area contributed by atoms with Gasteiger partial charge in [0.1, 0.15) is 17.8 Å². The van der Waals surface area contributed by atoms with E-state index in [0.717, 1.165) is 4.57 Å². The molecule has 0 amide bonds. The van der Waals surface area contributed by atoms with Gasteiger partial charge in [0.15, 0.2) is 0 Å². The number of hydrogen-bond donors (Lipinski definition) is 2. The number of aromatic amines is 1. The van der Waals surface area contributed by atoms with Gasteiger partial charge >= 0.3 is 5.69 Å². The monoisotopic (exact) mass is 441 g/mol. The summed E-state index contributed by atoms with van der Waals surface area (Å²) in [6.07, 6.45) is -0.596. The molecule has 0 saturated carbocycles. The molecular weight excluding hydrogens is 424 g/mol. The number of halogens is 3. The van der Waals surface area contributed by atoms with Gasteiger partial charge in [-0.15, -0.1) is 0 Å². The Morgan fingerprint density at radius 3 is 2.70 bits per heavy atom. The summed E-state index contributed by atoms with van der Waals surface area (Å²) in [5.41, 5.74) is -0.731. The highest BCUT2D eigenvalue weighted by atomic mass is 79.9. The van der Waals surface area contributed by atoms with Gasteiger partial charge in [0, 0.05) is 35.7 Å². The zero-order valence-electron chi connectivity index (χ0n) is 14.3. The van der Waals surface area contributed by atoms with E-state index in [2.05, 4.69) is 26.2 Å². The molecule has 27 heavy (non-hydrogen) atoms. The van der Waals surface area contributed by atoms with Gasteiger partial charge in [-0.25, -0.2) is 13.6 Å². The SMILES string of the molecule is O=c1[nH]c2c(c(=O)n1C1CCOCC1)C[C@H](F)[C@H](c1cc(Br)ccc1F)N2. The minimum Gasteiger partial charge on any atom is -0.381 e. The van der Waals surface area contributed by atoms with E-state index in [-0.39, 0.29) is 29.4 Å². The minimum absolute atomic E-state index is 0.136. The summed E-state index contributed by atoms with van der Waals surface area (Å²) in [7, 11) is 0. The van der Waals surface area contributed by atoms with Crippen LogP contribution in [0.2, 0.25) is 0 Å². The molecule has 3 heterocycles. The van der Waals surface area contributed by atoms with Crippen LogP contribution in [0.1, 0.15) is 36.1 Å². The van der Waals surface area contributed by atoms with Crippen LogP contribution in [-0.2, 0) is 11.2 Å². The molecule has 0 spiro atoms. The molecular formula is C18H18BrF2N3O3. The average molecular weight is 442 g/mol. The smallest absolute Gasteiger partial charge is 0.330 e. The second-order valence-corrected chi connectivity index (χ2v) is 7.73. The van der Waals surface area contributed by atoms with Crippen LogP contribution in [0, 0.1) is 5.82 Å². The number of nitrogens with zero attached hydrogens (tertiary/aromatic N) is 1. The first-order chi connectivity index (χ1) is 13.0. The van der Waals surface area contributed by atoms with E-state index in [9.17, 15) is 18.4 Å². The fourth-order valence-electron chi connectivity index (χ4n) is 3.76. The number of aromatic nitrogens is 2. The number of nitrogens with one attached hydrogen (secondary N) is 2. The van der Waals surface area contributed by atoms with E-state index in [1.165, 1.54) is 18.2 Å². The van der Waals surface area contributed by atoms with Crippen molar-refractivity contribution in [2.75, 3.05) is 18.5 Å². The molecule has 0 bridgehead atoms. The third kappa shape index (κ3) is 3.34. The third-order valence-corrected chi connectivity index (χ3v) is 5.63. The second kappa shape index (κ2) is 7.20. The normalized spacial score (nSPS) is 22.9. The summed E-state index contributed by atoms with van der Waals surface area (Å²) in [6, 6.07) is 3.00. The summed E-state index contributed by atoms with van der Waals surface area (Å²) in [5.74, 6) is -0.397. The van der Waals surface area contributed by atoms with Crippen molar-refractivity contribution >= 4 is 21.7 Å². The number of fused-ring (bicyclic) bond motifs is 1. The highest BCUT2D eigenvalue weighted by Crippen LogP contribution is 2.34. The van der Waals surface area contributed by atoms with Gasteiger partial charge in [-0.05, 0) is 31.0 Å². The van der Waals surface area contributed by atoms with Crippen molar-refractivity contribution in [1.29, 1.82) is 0 Å². The minimum atomic E-state index is -1.51. The van der Waals surface area contributed by atoms with Crippen LogP contribution in [0.3, 0.4) is 0 Å². The maximum absolute atomic E-state index is 14.9. The van der Waals surface area contributed by atoms with Gasteiger partial charge in [-0.1, -0.05) is 15.9 Å². The lowest BCUT2D eigenvalue weighted by atomic mass is 9.93. The van der Waals surface area contributed by atoms with E-state index in [4.69, 9.17) is 4.74 Å². The molecule has 2 N–H and O–H groups in total. The Morgan fingerprint density at radius 2 is 1.96 bits per heavy atom. The Balaban J connectivity index is 1.74. The lowest BCUT2D eigenvalue weighted by Gasteiger charge is -2.31. The van der Waals surface area contributed by atoms with E-state index in [0.29, 0.717) is 30.5 Å². The molecule has 1 aromatic heterocycles. The molecule has 2 atom stereocenters. The second-order valence-electron chi connectivity index (χ2n) is 6.81. The highest BCUT2D eigenvalue weighted by Gasteiger charge is 2.34. The molecule has 1 fully saturated rings. The highest BCUT2D eigenvalue weighted by molar-refractivity contribution is 9.10. The quantitative estimate of drug-likeness (QED) is 0.751. The van der Waals surface area contributed by atoms with Gasteiger partial charge < -0.3 is 10.1 Å². The largest absolute Gasteiger partial charge is 0.381 e. The van der Waals surface area contributed by atoms with Crippen LogP contribution in [0.25, 0.3) is 0 Å². The summed E-state index contributed by atoms with van der Waals surface area (Å²) in [4.78, 5) is 28.0. The zero-order valence-corrected chi connectivity index (χ0v) is 15.9.